The SMILES string of the molecule is CNS(=O)CCNC1CCc2c(-c3noc(-c4ccc(OC(C)C)c(C#N)c4)n3)cccc21. The zero-order valence-corrected chi connectivity index (χ0v) is 19.7. The zero-order valence-electron chi connectivity index (χ0n) is 18.9. The molecule has 33 heavy (non-hydrogen) atoms. The van der Waals surface area contributed by atoms with Crippen LogP contribution in [0.25, 0.3) is 22.8 Å². The highest BCUT2D eigenvalue weighted by Gasteiger charge is 2.26. The number of rotatable bonds is 9. The van der Waals surface area contributed by atoms with E-state index in [1.54, 1.807) is 19.2 Å². The quantitative estimate of drug-likeness (QED) is 0.497. The fourth-order valence-electron chi connectivity index (χ4n) is 4.06. The lowest BCUT2D eigenvalue weighted by Gasteiger charge is -2.14. The first-order valence-electron chi connectivity index (χ1n) is 11.0. The number of aromatic nitrogens is 2. The lowest BCUT2D eigenvalue weighted by atomic mass is 10.0. The van der Waals surface area contributed by atoms with Gasteiger partial charge in [-0.3, -0.25) is 0 Å². The highest BCUT2D eigenvalue weighted by molar-refractivity contribution is 7.83. The number of nitriles is 1. The molecule has 2 unspecified atom stereocenters. The molecule has 2 N–H and O–H groups in total. The van der Waals surface area contributed by atoms with Crippen molar-refractivity contribution in [1.82, 2.24) is 20.2 Å². The topological polar surface area (TPSA) is 113 Å². The second-order valence-corrected chi connectivity index (χ2v) is 9.59. The summed E-state index contributed by atoms with van der Waals surface area (Å²) < 4.78 is 25.6. The molecular weight excluding hydrogens is 438 g/mol. The first kappa shape index (κ1) is 23.1. The predicted molar refractivity (Wildman–Crippen MR) is 127 cm³/mol. The smallest absolute Gasteiger partial charge is 0.258 e. The van der Waals surface area contributed by atoms with Gasteiger partial charge in [-0.15, -0.1) is 0 Å². The van der Waals surface area contributed by atoms with Crippen LogP contribution in [-0.4, -0.2) is 39.8 Å². The molecule has 0 saturated heterocycles. The second kappa shape index (κ2) is 10.3. The molecule has 4 rings (SSSR count). The van der Waals surface area contributed by atoms with Crippen molar-refractivity contribution in [2.24, 2.45) is 0 Å². The van der Waals surface area contributed by atoms with Gasteiger partial charge in [-0.05, 0) is 63.1 Å². The van der Waals surface area contributed by atoms with Gasteiger partial charge in [-0.1, -0.05) is 23.4 Å². The maximum Gasteiger partial charge on any atom is 0.258 e. The third-order valence-electron chi connectivity index (χ3n) is 5.55. The fraction of sp³-hybridized carbons (Fsp3) is 0.375. The normalized spacial score (nSPS) is 15.9. The molecule has 0 saturated carbocycles. The molecular formula is C24H27N5O3S. The summed E-state index contributed by atoms with van der Waals surface area (Å²) in [7, 11) is 0.681. The number of benzene rings is 2. The lowest BCUT2D eigenvalue weighted by molar-refractivity contribution is 0.241. The lowest BCUT2D eigenvalue weighted by Crippen LogP contribution is -2.27. The summed E-state index contributed by atoms with van der Waals surface area (Å²) in [5.41, 5.74) is 4.47. The van der Waals surface area contributed by atoms with Crippen molar-refractivity contribution in [3.63, 3.8) is 0 Å². The number of ether oxygens (including phenoxy) is 1. The molecule has 1 aliphatic rings. The Balaban J connectivity index is 1.55. The molecule has 8 nitrogen and oxygen atoms in total. The van der Waals surface area contributed by atoms with Crippen LogP contribution in [0.2, 0.25) is 0 Å². The highest BCUT2D eigenvalue weighted by atomic mass is 32.2. The highest BCUT2D eigenvalue weighted by Crippen LogP contribution is 2.37. The zero-order chi connectivity index (χ0) is 23.4. The summed E-state index contributed by atoms with van der Waals surface area (Å²) >= 11 is 0. The van der Waals surface area contributed by atoms with Gasteiger partial charge in [0.1, 0.15) is 11.8 Å². The van der Waals surface area contributed by atoms with Gasteiger partial charge < -0.3 is 14.6 Å². The molecule has 0 amide bonds. The van der Waals surface area contributed by atoms with Crippen LogP contribution in [0, 0.1) is 11.3 Å². The average Bonchev–Trinajstić information content (AvgIpc) is 3.46. The van der Waals surface area contributed by atoms with E-state index in [0.717, 1.165) is 18.4 Å². The number of nitrogens with zero attached hydrogens (tertiary/aromatic N) is 3. The van der Waals surface area contributed by atoms with E-state index >= 15 is 0 Å². The van der Waals surface area contributed by atoms with Crippen molar-refractivity contribution in [1.29, 1.82) is 5.26 Å². The Morgan fingerprint density at radius 3 is 2.94 bits per heavy atom. The molecule has 1 aromatic heterocycles. The molecule has 0 radical (unpaired) electrons. The van der Waals surface area contributed by atoms with Crippen molar-refractivity contribution >= 4 is 11.0 Å². The average molecular weight is 466 g/mol. The molecule has 9 heteroatoms. The summed E-state index contributed by atoms with van der Waals surface area (Å²) in [6, 6.07) is 13.8. The van der Waals surface area contributed by atoms with E-state index in [4.69, 9.17) is 9.26 Å². The summed E-state index contributed by atoms with van der Waals surface area (Å²) in [5.74, 6) is 1.98. The molecule has 0 aliphatic heterocycles. The van der Waals surface area contributed by atoms with Crippen LogP contribution in [0.15, 0.2) is 40.9 Å². The van der Waals surface area contributed by atoms with Crippen molar-refractivity contribution in [2.45, 2.75) is 38.8 Å². The Hall–Kier alpha value is -3.06. The summed E-state index contributed by atoms with van der Waals surface area (Å²) in [6.45, 7) is 4.51. The number of nitrogens with one attached hydrogen (secondary N) is 2. The monoisotopic (exact) mass is 465 g/mol. The van der Waals surface area contributed by atoms with Crippen LogP contribution >= 0.6 is 0 Å². The molecule has 1 heterocycles. The van der Waals surface area contributed by atoms with Crippen LogP contribution in [0.1, 0.15) is 43.0 Å². The summed E-state index contributed by atoms with van der Waals surface area (Å²) in [6.07, 6.45) is 1.84. The molecule has 0 fully saturated rings. The fourth-order valence-corrected chi connectivity index (χ4v) is 4.57. The minimum Gasteiger partial charge on any atom is -0.490 e. The Labute approximate surface area is 195 Å². The molecule has 1 aliphatic carbocycles. The molecule has 0 spiro atoms. The standard InChI is InChI=1S/C24H27N5O3S/c1-15(2)31-22-10-7-16(13-17(22)14-25)24-28-23(29-32-24)20-6-4-5-19-18(20)8-9-21(19)27-11-12-33(30)26-3/h4-7,10,13,15,21,26-27H,8-9,11-12H2,1-3H3. The summed E-state index contributed by atoms with van der Waals surface area (Å²) in [5, 5.41) is 17.2. The van der Waals surface area contributed by atoms with Gasteiger partial charge in [-0.25, -0.2) is 8.93 Å². The Bertz CT molecular complexity index is 1200. The number of hydrogen-bond acceptors (Lipinski definition) is 7. The third-order valence-corrected chi connectivity index (χ3v) is 6.58. The van der Waals surface area contributed by atoms with Crippen molar-refractivity contribution in [2.75, 3.05) is 19.3 Å². The van der Waals surface area contributed by atoms with Crippen LogP contribution in [-0.2, 0) is 17.4 Å². The minimum atomic E-state index is -1.01. The van der Waals surface area contributed by atoms with Crippen LogP contribution in [0.5, 0.6) is 5.75 Å². The molecule has 3 aromatic rings. The van der Waals surface area contributed by atoms with Crippen molar-refractivity contribution in [3.05, 3.63) is 53.1 Å². The van der Waals surface area contributed by atoms with Gasteiger partial charge in [0.05, 0.1) is 28.4 Å². The van der Waals surface area contributed by atoms with Crippen LogP contribution in [0.4, 0.5) is 0 Å². The van der Waals surface area contributed by atoms with Gasteiger partial charge >= 0.3 is 0 Å². The van der Waals surface area contributed by atoms with Gasteiger partial charge in [0.25, 0.3) is 5.89 Å². The Kier molecular flexibility index (Phi) is 7.18. The van der Waals surface area contributed by atoms with Crippen molar-refractivity contribution < 1.29 is 13.5 Å². The first-order valence-corrected chi connectivity index (χ1v) is 12.3. The van der Waals surface area contributed by atoms with Crippen LogP contribution in [0.3, 0.4) is 0 Å². The Morgan fingerprint density at radius 1 is 1.33 bits per heavy atom. The van der Waals surface area contributed by atoms with Crippen molar-refractivity contribution in [3.8, 4) is 34.7 Å². The van der Waals surface area contributed by atoms with Crippen LogP contribution < -0.4 is 14.8 Å². The van der Waals surface area contributed by atoms with E-state index < -0.39 is 11.0 Å². The van der Waals surface area contributed by atoms with E-state index in [1.807, 2.05) is 32.0 Å². The van der Waals surface area contributed by atoms with E-state index in [0.29, 0.717) is 40.9 Å². The van der Waals surface area contributed by atoms with E-state index in [1.165, 1.54) is 11.1 Å². The summed E-state index contributed by atoms with van der Waals surface area (Å²) in [4.78, 5) is 4.62. The number of hydrogen-bond donors (Lipinski definition) is 2. The molecule has 0 bridgehead atoms. The first-order chi connectivity index (χ1) is 16.0. The third kappa shape index (κ3) is 5.14. The van der Waals surface area contributed by atoms with Gasteiger partial charge in [0, 0.05) is 23.7 Å². The second-order valence-electron chi connectivity index (χ2n) is 8.08. The van der Waals surface area contributed by atoms with Gasteiger partial charge in [-0.2, -0.15) is 10.2 Å². The van der Waals surface area contributed by atoms with E-state index in [9.17, 15) is 9.47 Å². The maximum atomic E-state index is 11.6. The predicted octanol–water partition coefficient (Wildman–Crippen LogP) is 3.52. The molecule has 2 atom stereocenters. The van der Waals surface area contributed by atoms with E-state index in [2.05, 4.69) is 32.3 Å². The molecule has 2 aromatic carbocycles. The Morgan fingerprint density at radius 2 is 2.18 bits per heavy atom. The largest absolute Gasteiger partial charge is 0.490 e. The van der Waals surface area contributed by atoms with E-state index in [-0.39, 0.29) is 12.1 Å². The molecule has 172 valence electrons. The minimum absolute atomic E-state index is 0.0260. The van der Waals surface area contributed by atoms with Gasteiger partial charge in [0.2, 0.25) is 5.82 Å². The number of fused-ring (bicyclic) bond motifs is 1. The van der Waals surface area contributed by atoms with Gasteiger partial charge in [0.15, 0.2) is 0 Å². The maximum absolute atomic E-state index is 11.6.